The van der Waals surface area contributed by atoms with E-state index in [4.69, 9.17) is 11.6 Å². The molecular formula is C19H20ClN3O3S2. The molecular weight excluding hydrogens is 418 g/mol. The summed E-state index contributed by atoms with van der Waals surface area (Å²) in [5.41, 5.74) is 1.00. The largest absolute Gasteiger partial charge is 0.286 e. The summed E-state index contributed by atoms with van der Waals surface area (Å²) in [5.74, 6) is -0.163. The lowest BCUT2D eigenvalue weighted by Crippen LogP contribution is -2.32. The maximum Gasteiger partial charge on any atom is 0.259 e. The van der Waals surface area contributed by atoms with Crippen LogP contribution in [0, 0.1) is 0 Å². The molecule has 1 amide bonds. The highest BCUT2D eigenvalue weighted by Crippen LogP contribution is 2.30. The predicted molar refractivity (Wildman–Crippen MR) is 114 cm³/mol. The van der Waals surface area contributed by atoms with Crippen molar-refractivity contribution in [3.05, 3.63) is 59.1 Å². The minimum Gasteiger partial charge on any atom is -0.286 e. The second-order valence-corrected chi connectivity index (χ2v) is 10.5. The number of carbonyl (C=O) groups excluding carboxylic acids is 1. The van der Waals surface area contributed by atoms with Gasteiger partial charge < -0.3 is 0 Å². The molecule has 0 N–H and O–H groups in total. The molecule has 6 nitrogen and oxygen atoms in total. The van der Waals surface area contributed by atoms with Crippen LogP contribution in [-0.4, -0.2) is 54.6 Å². The third-order valence-electron chi connectivity index (χ3n) is 4.13. The molecule has 2 aromatic carbocycles. The average molecular weight is 438 g/mol. The van der Waals surface area contributed by atoms with Gasteiger partial charge in [-0.05, 0) is 42.5 Å². The molecule has 1 fully saturated rings. The third kappa shape index (κ3) is 4.41. The van der Waals surface area contributed by atoms with Crippen molar-refractivity contribution in [1.29, 1.82) is 0 Å². The van der Waals surface area contributed by atoms with Gasteiger partial charge >= 0.3 is 0 Å². The van der Waals surface area contributed by atoms with E-state index in [1.54, 1.807) is 41.3 Å². The Kier molecular flexibility index (Phi) is 6.14. The Labute approximate surface area is 174 Å². The zero-order valence-electron chi connectivity index (χ0n) is 15.7. The lowest BCUT2D eigenvalue weighted by Gasteiger charge is -2.16. The Balaban J connectivity index is 1.94. The third-order valence-corrected chi connectivity index (χ3v) is 7.27. The summed E-state index contributed by atoms with van der Waals surface area (Å²) in [6.07, 6.45) is 0. The van der Waals surface area contributed by atoms with E-state index in [0.717, 1.165) is 4.31 Å². The number of amidine groups is 1. The number of amides is 1. The molecule has 0 aliphatic carbocycles. The first kappa shape index (κ1) is 20.9. The topological polar surface area (TPSA) is 70.0 Å². The van der Waals surface area contributed by atoms with Crippen molar-refractivity contribution in [2.24, 2.45) is 4.99 Å². The molecule has 2 aromatic rings. The minimum absolute atomic E-state index is 0.158. The van der Waals surface area contributed by atoms with Gasteiger partial charge in [-0.2, -0.15) is 0 Å². The fraction of sp³-hybridized carbons (Fsp3) is 0.263. The Morgan fingerprint density at radius 3 is 2.54 bits per heavy atom. The molecule has 0 spiro atoms. The van der Waals surface area contributed by atoms with E-state index in [1.165, 1.54) is 38.0 Å². The molecule has 1 aliphatic rings. The second kappa shape index (κ2) is 8.24. The Morgan fingerprint density at radius 2 is 1.89 bits per heavy atom. The molecule has 1 heterocycles. The monoisotopic (exact) mass is 437 g/mol. The van der Waals surface area contributed by atoms with Crippen molar-refractivity contribution in [2.45, 2.75) is 17.1 Å². The van der Waals surface area contributed by atoms with Gasteiger partial charge in [0.1, 0.15) is 0 Å². The summed E-state index contributed by atoms with van der Waals surface area (Å²) in [5, 5.41) is 1.30. The number of rotatable bonds is 4. The molecule has 1 saturated heterocycles. The first-order chi connectivity index (χ1) is 13.2. The first-order valence-electron chi connectivity index (χ1n) is 8.54. The van der Waals surface area contributed by atoms with Gasteiger partial charge in [0, 0.05) is 36.5 Å². The molecule has 0 aromatic heterocycles. The van der Waals surface area contributed by atoms with E-state index in [0.29, 0.717) is 28.0 Å². The number of aliphatic imine (C=N–C) groups is 1. The van der Waals surface area contributed by atoms with Gasteiger partial charge in [0.15, 0.2) is 5.17 Å². The van der Waals surface area contributed by atoms with E-state index >= 15 is 0 Å². The Hall–Kier alpha value is -1.87. The summed E-state index contributed by atoms with van der Waals surface area (Å²) in [6, 6.07) is 13.1. The fourth-order valence-corrected chi connectivity index (χ4v) is 4.75. The maximum absolute atomic E-state index is 12.9. The van der Waals surface area contributed by atoms with E-state index in [-0.39, 0.29) is 16.1 Å². The SMILES string of the molecule is CC1CN(C(=O)c2ccc(Cl)cc2)C(=Nc2cccc(S(=O)(=O)N(C)C)c2)S1. The van der Waals surface area contributed by atoms with Gasteiger partial charge in [0.05, 0.1) is 10.6 Å². The molecule has 1 atom stereocenters. The zero-order chi connectivity index (χ0) is 20.5. The van der Waals surface area contributed by atoms with Gasteiger partial charge in [0.25, 0.3) is 5.91 Å². The van der Waals surface area contributed by atoms with Crippen LogP contribution in [0.25, 0.3) is 0 Å². The van der Waals surface area contributed by atoms with Gasteiger partial charge in [-0.15, -0.1) is 0 Å². The lowest BCUT2D eigenvalue weighted by atomic mass is 10.2. The predicted octanol–water partition coefficient (Wildman–Crippen LogP) is 3.86. The highest BCUT2D eigenvalue weighted by atomic mass is 35.5. The van der Waals surface area contributed by atoms with E-state index in [1.807, 2.05) is 6.92 Å². The number of nitrogens with zero attached hydrogens (tertiary/aromatic N) is 3. The fourth-order valence-electron chi connectivity index (χ4n) is 2.66. The molecule has 9 heteroatoms. The number of hydrogen-bond donors (Lipinski definition) is 0. The van der Waals surface area contributed by atoms with Crippen LogP contribution in [0.1, 0.15) is 17.3 Å². The molecule has 0 bridgehead atoms. The van der Waals surface area contributed by atoms with E-state index in [9.17, 15) is 13.2 Å². The molecule has 1 unspecified atom stereocenters. The van der Waals surface area contributed by atoms with Crippen molar-refractivity contribution >= 4 is 50.1 Å². The van der Waals surface area contributed by atoms with Gasteiger partial charge in [-0.25, -0.2) is 17.7 Å². The lowest BCUT2D eigenvalue weighted by molar-refractivity contribution is 0.0855. The van der Waals surface area contributed by atoms with Crippen molar-refractivity contribution in [3.8, 4) is 0 Å². The van der Waals surface area contributed by atoms with Gasteiger partial charge in [-0.1, -0.05) is 36.4 Å². The highest BCUT2D eigenvalue weighted by molar-refractivity contribution is 8.14. The van der Waals surface area contributed by atoms with Crippen LogP contribution in [0.4, 0.5) is 5.69 Å². The standard InChI is InChI=1S/C19H20ClN3O3S2/c1-13-12-23(18(24)14-7-9-15(20)10-8-14)19(27-13)21-16-5-4-6-17(11-16)28(25,26)22(2)3/h4-11,13H,12H2,1-3H3. The van der Waals surface area contributed by atoms with Gasteiger partial charge in [0.2, 0.25) is 10.0 Å². The van der Waals surface area contributed by atoms with Crippen LogP contribution < -0.4 is 0 Å². The summed E-state index contributed by atoms with van der Waals surface area (Å²) in [4.78, 5) is 19.2. The average Bonchev–Trinajstić information content (AvgIpc) is 3.02. The first-order valence-corrected chi connectivity index (χ1v) is 11.2. The summed E-state index contributed by atoms with van der Waals surface area (Å²) in [7, 11) is -0.594. The number of hydrogen-bond acceptors (Lipinski definition) is 5. The van der Waals surface area contributed by atoms with Crippen LogP contribution in [0.3, 0.4) is 0 Å². The Bertz CT molecular complexity index is 1020. The number of carbonyl (C=O) groups is 1. The molecule has 3 rings (SSSR count). The van der Waals surface area contributed by atoms with E-state index in [2.05, 4.69) is 4.99 Å². The number of halogens is 1. The van der Waals surface area contributed by atoms with Crippen molar-refractivity contribution in [1.82, 2.24) is 9.21 Å². The normalized spacial score (nSPS) is 18.8. The van der Waals surface area contributed by atoms with Crippen molar-refractivity contribution < 1.29 is 13.2 Å². The van der Waals surface area contributed by atoms with Crippen molar-refractivity contribution in [2.75, 3.05) is 20.6 Å². The number of thioether (sulfide) groups is 1. The molecule has 0 radical (unpaired) electrons. The number of sulfonamides is 1. The molecule has 28 heavy (non-hydrogen) atoms. The molecule has 0 saturated carbocycles. The summed E-state index contributed by atoms with van der Waals surface area (Å²) < 4.78 is 25.9. The highest BCUT2D eigenvalue weighted by Gasteiger charge is 2.31. The van der Waals surface area contributed by atoms with E-state index < -0.39 is 10.0 Å². The maximum atomic E-state index is 12.9. The van der Waals surface area contributed by atoms with Crippen LogP contribution >= 0.6 is 23.4 Å². The smallest absolute Gasteiger partial charge is 0.259 e. The molecule has 1 aliphatic heterocycles. The van der Waals surface area contributed by atoms with Crippen molar-refractivity contribution in [3.63, 3.8) is 0 Å². The number of benzene rings is 2. The van der Waals surface area contributed by atoms with Gasteiger partial charge in [-0.3, -0.25) is 9.69 Å². The summed E-state index contributed by atoms with van der Waals surface area (Å²) in [6.45, 7) is 2.54. The van der Waals surface area contributed by atoms with Crippen LogP contribution in [-0.2, 0) is 10.0 Å². The zero-order valence-corrected chi connectivity index (χ0v) is 18.1. The minimum atomic E-state index is -3.56. The second-order valence-electron chi connectivity index (χ2n) is 6.53. The van der Waals surface area contributed by atoms with Crippen LogP contribution in [0.15, 0.2) is 58.4 Å². The summed E-state index contributed by atoms with van der Waals surface area (Å²) >= 11 is 7.39. The Morgan fingerprint density at radius 1 is 1.21 bits per heavy atom. The molecule has 148 valence electrons. The quantitative estimate of drug-likeness (QED) is 0.728. The van der Waals surface area contributed by atoms with Crippen LogP contribution in [0.2, 0.25) is 5.02 Å². The van der Waals surface area contributed by atoms with Crippen LogP contribution in [0.5, 0.6) is 0 Å².